The van der Waals surface area contributed by atoms with E-state index in [-0.39, 0.29) is 5.92 Å². The van der Waals surface area contributed by atoms with Crippen LogP contribution in [0.5, 0.6) is 0 Å². The summed E-state index contributed by atoms with van der Waals surface area (Å²) in [5.41, 5.74) is 2.01. The molecule has 0 aromatic carbocycles. The maximum Gasteiger partial charge on any atom is 0.225 e. The van der Waals surface area contributed by atoms with Gasteiger partial charge in [0.05, 0.1) is 25.4 Å². The maximum absolute atomic E-state index is 13.1. The van der Waals surface area contributed by atoms with Crippen LogP contribution in [0, 0.1) is 17.8 Å². The quantitative estimate of drug-likeness (QED) is 0.641. The number of piperidine rings is 2. The summed E-state index contributed by atoms with van der Waals surface area (Å²) in [5.74, 6) is 7.55. The maximum atomic E-state index is 13.1. The van der Waals surface area contributed by atoms with Crippen LogP contribution < -0.4 is 10.2 Å². The molecule has 8 nitrogen and oxygen atoms in total. The Balaban J connectivity index is 0.00000167. The second kappa shape index (κ2) is 13.9. The molecule has 2 aromatic rings. The third-order valence-corrected chi connectivity index (χ3v) is 6.53. The van der Waals surface area contributed by atoms with Crippen molar-refractivity contribution in [2.45, 2.75) is 52.2 Å². The van der Waals surface area contributed by atoms with Gasteiger partial charge >= 0.3 is 0 Å². The Bertz CT molecular complexity index is 962. The molecule has 4 rings (SSSR count). The van der Waals surface area contributed by atoms with E-state index in [1.165, 1.54) is 0 Å². The van der Waals surface area contributed by atoms with Gasteiger partial charge in [0.15, 0.2) is 0 Å². The Morgan fingerprint density at radius 2 is 1.86 bits per heavy atom. The minimum atomic E-state index is 0.113. The van der Waals surface area contributed by atoms with E-state index in [9.17, 15) is 4.79 Å². The van der Waals surface area contributed by atoms with E-state index >= 15 is 0 Å². The third kappa shape index (κ3) is 7.30. The lowest BCUT2D eigenvalue weighted by Gasteiger charge is -2.37. The van der Waals surface area contributed by atoms with Crippen LogP contribution in [-0.4, -0.2) is 72.5 Å². The van der Waals surface area contributed by atoms with Crippen LogP contribution in [0.25, 0.3) is 0 Å². The first-order valence-corrected chi connectivity index (χ1v) is 12.8. The Morgan fingerprint density at radius 1 is 1.11 bits per heavy atom. The predicted molar refractivity (Wildman–Crippen MR) is 139 cm³/mol. The van der Waals surface area contributed by atoms with Crippen molar-refractivity contribution in [1.82, 2.24) is 25.0 Å². The average Bonchev–Trinajstić information content (AvgIpc) is 3.39. The molecule has 2 aliphatic rings. The number of hydrogen-bond acceptors (Lipinski definition) is 6. The minimum Gasteiger partial charge on any atom is -0.380 e. The molecule has 0 spiro atoms. The van der Waals surface area contributed by atoms with Gasteiger partial charge in [-0.1, -0.05) is 25.7 Å². The van der Waals surface area contributed by atoms with Crippen molar-refractivity contribution >= 4 is 11.7 Å². The number of rotatable bonds is 6. The van der Waals surface area contributed by atoms with Crippen LogP contribution in [0.2, 0.25) is 0 Å². The first-order chi connectivity index (χ1) is 17.2. The van der Waals surface area contributed by atoms with E-state index in [1.807, 2.05) is 50.1 Å². The summed E-state index contributed by atoms with van der Waals surface area (Å²) in [5, 5.41) is 7.50. The molecule has 1 amide bonds. The van der Waals surface area contributed by atoms with Crippen molar-refractivity contribution in [3.63, 3.8) is 0 Å². The molecule has 0 aliphatic carbocycles. The van der Waals surface area contributed by atoms with Crippen LogP contribution in [0.4, 0.5) is 5.82 Å². The second-order valence-corrected chi connectivity index (χ2v) is 8.82. The van der Waals surface area contributed by atoms with Crippen molar-refractivity contribution in [2.75, 3.05) is 51.8 Å². The van der Waals surface area contributed by atoms with Gasteiger partial charge < -0.3 is 19.9 Å². The monoisotopic (exact) mass is 480 g/mol. The smallest absolute Gasteiger partial charge is 0.225 e. The van der Waals surface area contributed by atoms with E-state index in [0.717, 1.165) is 68.8 Å². The number of nitrogens with zero attached hydrogens (tertiary/aromatic N) is 5. The largest absolute Gasteiger partial charge is 0.380 e. The summed E-state index contributed by atoms with van der Waals surface area (Å²) in [7, 11) is 3.58. The highest BCUT2D eigenvalue weighted by Gasteiger charge is 2.31. The molecular weight excluding hydrogens is 440 g/mol. The van der Waals surface area contributed by atoms with Crippen LogP contribution in [0.3, 0.4) is 0 Å². The fraction of sp³-hybridized carbons (Fsp3) is 0.593. The lowest BCUT2D eigenvalue weighted by atomic mass is 9.93. The molecule has 35 heavy (non-hydrogen) atoms. The fourth-order valence-electron chi connectivity index (χ4n) is 4.66. The Morgan fingerprint density at radius 3 is 2.49 bits per heavy atom. The molecule has 0 saturated carbocycles. The molecular formula is C27H40N6O2. The second-order valence-electron chi connectivity index (χ2n) is 8.82. The Kier molecular flexibility index (Phi) is 10.6. The highest BCUT2D eigenvalue weighted by Crippen LogP contribution is 2.27. The molecule has 0 radical (unpaired) electrons. The number of ether oxygens (including phenoxy) is 1. The molecule has 190 valence electrons. The van der Waals surface area contributed by atoms with Gasteiger partial charge in [-0.05, 0) is 44.9 Å². The van der Waals surface area contributed by atoms with E-state index in [1.54, 1.807) is 7.11 Å². The van der Waals surface area contributed by atoms with Crippen LogP contribution in [0.1, 0.15) is 56.7 Å². The van der Waals surface area contributed by atoms with Crippen LogP contribution in [-0.2, 0) is 16.1 Å². The highest BCUT2D eigenvalue weighted by molar-refractivity contribution is 5.79. The lowest BCUT2D eigenvalue weighted by molar-refractivity contribution is -0.137. The summed E-state index contributed by atoms with van der Waals surface area (Å²) in [6.07, 6.45) is 9.43. The number of amides is 1. The molecule has 2 fully saturated rings. The summed E-state index contributed by atoms with van der Waals surface area (Å²) in [6.45, 7) is 8.59. The lowest BCUT2D eigenvalue weighted by Crippen LogP contribution is -2.45. The molecule has 0 unspecified atom stereocenters. The SMILES string of the molecule is CC.CNCC#Cc1ccc(N2CCC(C(=O)N3CCC(n4cc(COC)cn4)CC3)CC2)nc1. The highest BCUT2D eigenvalue weighted by atomic mass is 16.5. The van der Waals surface area contributed by atoms with Gasteiger partial charge in [0.1, 0.15) is 5.82 Å². The fourth-order valence-corrected chi connectivity index (χ4v) is 4.66. The zero-order chi connectivity index (χ0) is 25.0. The Labute approximate surface area is 210 Å². The van der Waals surface area contributed by atoms with Gasteiger partial charge in [-0.25, -0.2) is 4.98 Å². The average molecular weight is 481 g/mol. The van der Waals surface area contributed by atoms with Gasteiger partial charge in [0.25, 0.3) is 0 Å². The van der Waals surface area contributed by atoms with Crippen molar-refractivity contribution in [3.05, 3.63) is 41.9 Å². The summed E-state index contributed by atoms with van der Waals surface area (Å²) in [6, 6.07) is 4.41. The van der Waals surface area contributed by atoms with Crippen LogP contribution in [0.15, 0.2) is 30.7 Å². The number of methoxy groups -OCH3 is 1. The Hall–Kier alpha value is -2.89. The number of carbonyl (C=O) groups excluding carboxylic acids is 1. The number of pyridine rings is 1. The number of likely N-dealkylation sites (tertiary alicyclic amines) is 1. The van der Waals surface area contributed by atoms with Crippen LogP contribution >= 0.6 is 0 Å². The number of carbonyl (C=O) groups is 1. The van der Waals surface area contributed by atoms with E-state index in [0.29, 0.717) is 25.1 Å². The molecule has 8 heteroatoms. The minimum absolute atomic E-state index is 0.113. The molecule has 2 aliphatic heterocycles. The number of hydrogen-bond donors (Lipinski definition) is 1. The number of nitrogens with one attached hydrogen (secondary N) is 1. The van der Waals surface area contributed by atoms with E-state index < -0.39 is 0 Å². The van der Waals surface area contributed by atoms with Gasteiger partial charge in [-0.3, -0.25) is 9.48 Å². The third-order valence-electron chi connectivity index (χ3n) is 6.53. The van der Waals surface area contributed by atoms with Gasteiger partial charge in [-0.2, -0.15) is 5.10 Å². The summed E-state index contributed by atoms with van der Waals surface area (Å²) in [4.78, 5) is 22.1. The first kappa shape index (κ1) is 26.7. The number of aromatic nitrogens is 3. The van der Waals surface area contributed by atoms with E-state index in [4.69, 9.17) is 4.74 Å². The molecule has 1 N–H and O–H groups in total. The molecule has 0 bridgehead atoms. The van der Waals surface area contributed by atoms with Crippen molar-refractivity contribution in [1.29, 1.82) is 0 Å². The molecule has 2 saturated heterocycles. The normalized spacial score (nSPS) is 16.8. The van der Waals surface area contributed by atoms with Crippen molar-refractivity contribution < 1.29 is 9.53 Å². The standard InChI is InChI=1S/C25H34N6O2.C2H6/c1-26-11-3-4-20-5-6-24(27-16-20)29-12-7-22(8-13-29)25(32)30-14-9-23(10-15-30)31-18-21(17-28-31)19-33-2;1-2/h5-6,16-18,22-23,26H,7-15,19H2,1-2H3;1-2H3. The first-order valence-electron chi connectivity index (χ1n) is 12.8. The van der Waals surface area contributed by atoms with Gasteiger partial charge in [-0.15, -0.1) is 0 Å². The number of anilines is 1. The zero-order valence-corrected chi connectivity index (χ0v) is 21.7. The van der Waals surface area contributed by atoms with Crippen molar-refractivity contribution in [3.8, 4) is 11.8 Å². The van der Waals surface area contributed by atoms with E-state index in [2.05, 4.69) is 43.2 Å². The van der Waals surface area contributed by atoms with Gasteiger partial charge in [0, 0.05) is 62.7 Å². The summed E-state index contributed by atoms with van der Waals surface area (Å²) < 4.78 is 7.22. The van der Waals surface area contributed by atoms with Crippen molar-refractivity contribution in [2.24, 2.45) is 5.92 Å². The molecule has 4 heterocycles. The molecule has 0 atom stereocenters. The van der Waals surface area contributed by atoms with Gasteiger partial charge in [0.2, 0.25) is 5.91 Å². The molecule has 2 aromatic heterocycles. The predicted octanol–water partition coefficient (Wildman–Crippen LogP) is 3.10. The summed E-state index contributed by atoms with van der Waals surface area (Å²) >= 11 is 0. The zero-order valence-electron chi connectivity index (χ0n) is 21.7. The topological polar surface area (TPSA) is 75.5 Å².